The Hall–Kier alpha value is -1.87. The van der Waals surface area contributed by atoms with Crippen LogP contribution < -0.4 is 0 Å². The van der Waals surface area contributed by atoms with Crippen molar-refractivity contribution < 1.29 is 9.53 Å². The van der Waals surface area contributed by atoms with Crippen LogP contribution in [0.3, 0.4) is 0 Å². The first-order valence-electron chi connectivity index (χ1n) is 6.75. The van der Waals surface area contributed by atoms with Gasteiger partial charge in [0.05, 0.1) is 19.3 Å². The van der Waals surface area contributed by atoms with Crippen molar-refractivity contribution in [3.63, 3.8) is 0 Å². The smallest absolute Gasteiger partial charge is 0.267 e. The van der Waals surface area contributed by atoms with Gasteiger partial charge in [0.1, 0.15) is 11.0 Å². The molecule has 0 aromatic carbocycles. The summed E-state index contributed by atoms with van der Waals surface area (Å²) in [5, 5.41) is 10.8. The van der Waals surface area contributed by atoms with E-state index in [1.165, 1.54) is 6.20 Å². The van der Waals surface area contributed by atoms with Gasteiger partial charge in [-0.05, 0) is 11.5 Å². The van der Waals surface area contributed by atoms with Crippen LogP contribution in [0.15, 0.2) is 6.20 Å². The van der Waals surface area contributed by atoms with Crippen LogP contribution in [0, 0.1) is 0 Å². The number of hydrogen-bond donors (Lipinski definition) is 1. The molecule has 1 saturated heterocycles. The largest absolute Gasteiger partial charge is 0.367 e. The number of rotatable bonds is 3. The third-order valence-electron chi connectivity index (χ3n) is 3.27. The van der Waals surface area contributed by atoms with Gasteiger partial charge in [0.15, 0.2) is 11.6 Å². The molecule has 21 heavy (non-hydrogen) atoms. The standard InChI is InChI=1S/C12H16N6O2S/c1-7(2)10-14-11(16-15-10)8-6-18(3-4-20-8)12(19)9-5-13-17-21-9/h5,7-8H,3-4,6H2,1-2H3,(H,14,15,16). The van der Waals surface area contributed by atoms with Crippen LogP contribution in [0.4, 0.5) is 0 Å². The Balaban J connectivity index is 1.72. The summed E-state index contributed by atoms with van der Waals surface area (Å²) < 4.78 is 9.42. The van der Waals surface area contributed by atoms with E-state index >= 15 is 0 Å². The Morgan fingerprint density at radius 2 is 2.43 bits per heavy atom. The average Bonchev–Trinajstić information content (AvgIpc) is 3.18. The summed E-state index contributed by atoms with van der Waals surface area (Å²) in [6.07, 6.45) is 1.21. The summed E-state index contributed by atoms with van der Waals surface area (Å²) in [5.74, 6) is 1.60. The Kier molecular flexibility index (Phi) is 3.93. The van der Waals surface area contributed by atoms with Crippen molar-refractivity contribution in [2.45, 2.75) is 25.9 Å². The van der Waals surface area contributed by atoms with Crippen molar-refractivity contribution in [2.75, 3.05) is 19.7 Å². The minimum Gasteiger partial charge on any atom is -0.367 e. The Morgan fingerprint density at radius 3 is 3.10 bits per heavy atom. The predicted molar refractivity (Wildman–Crippen MR) is 75.0 cm³/mol. The molecule has 0 radical (unpaired) electrons. The van der Waals surface area contributed by atoms with E-state index in [-0.39, 0.29) is 17.9 Å². The molecule has 1 unspecified atom stereocenters. The Labute approximate surface area is 125 Å². The van der Waals surface area contributed by atoms with E-state index in [0.717, 1.165) is 17.4 Å². The number of carbonyl (C=O) groups excluding carboxylic acids is 1. The van der Waals surface area contributed by atoms with Gasteiger partial charge in [-0.3, -0.25) is 9.89 Å². The van der Waals surface area contributed by atoms with Crippen molar-refractivity contribution in [3.05, 3.63) is 22.7 Å². The Bertz CT molecular complexity index is 611. The molecule has 2 aromatic rings. The van der Waals surface area contributed by atoms with E-state index in [9.17, 15) is 4.79 Å². The lowest BCUT2D eigenvalue weighted by molar-refractivity contribution is -0.0265. The number of amides is 1. The highest BCUT2D eigenvalue weighted by Gasteiger charge is 2.29. The normalized spacial score (nSPS) is 19.2. The average molecular weight is 308 g/mol. The molecule has 3 heterocycles. The molecular weight excluding hydrogens is 292 g/mol. The molecule has 1 N–H and O–H groups in total. The molecule has 3 rings (SSSR count). The molecule has 112 valence electrons. The van der Waals surface area contributed by atoms with E-state index in [4.69, 9.17) is 4.74 Å². The third-order valence-corrected chi connectivity index (χ3v) is 3.92. The summed E-state index contributed by atoms with van der Waals surface area (Å²) >= 11 is 1.10. The zero-order valence-corrected chi connectivity index (χ0v) is 12.6. The molecular formula is C12H16N6O2S. The van der Waals surface area contributed by atoms with Crippen LogP contribution in [0.2, 0.25) is 0 Å². The highest BCUT2D eigenvalue weighted by Crippen LogP contribution is 2.22. The second kappa shape index (κ2) is 5.86. The fraction of sp³-hybridized carbons (Fsp3) is 0.583. The lowest BCUT2D eigenvalue weighted by Crippen LogP contribution is -2.42. The van der Waals surface area contributed by atoms with Gasteiger partial charge >= 0.3 is 0 Å². The molecule has 1 fully saturated rings. The molecule has 2 aromatic heterocycles. The molecule has 1 atom stereocenters. The SMILES string of the molecule is CC(C)c1n[nH]c(C2CN(C(=O)c3cnns3)CCO2)n1. The number of nitrogens with zero attached hydrogens (tertiary/aromatic N) is 5. The summed E-state index contributed by atoms with van der Waals surface area (Å²) in [5.41, 5.74) is 0. The van der Waals surface area contributed by atoms with Crippen molar-refractivity contribution >= 4 is 17.4 Å². The summed E-state index contributed by atoms with van der Waals surface area (Å²) in [6.45, 7) is 5.53. The Morgan fingerprint density at radius 1 is 1.57 bits per heavy atom. The van der Waals surface area contributed by atoms with E-state index in [1.54, 1.807) is 4.90 Å². The molecule has 0 saturated carbocycles. The van der Waals surface area contributed by atoms with Crippen molar-refractivity contribution in [3.8, 4) is 0 Å². The van der Waals surface area contributed by atoms with Crippen LogP contribution in [0.5, 0.6) is 0 Å². The third kappa shape index (κ3) is 2.93. The van der Waals surface area contributed by atoms with Crippen molar-refractivity contribution in [1.82, 2.24) is 29.7 Å². The van der Waals surface area contributed by atoms with E-state index in [2.05, 4.69) is 24.8 Å². The summed E-state index contributed by atoms with van der Waals surface area (Å²) in [7, 11) is 0. The van der Waals surface area contributed by atoms with Gasteiger partial charge in [0.2, 0.25) is 0 Å². The fourth-order valence-electron chi connectivity index (χ4n) is 2.11. The van der Waals surface area contributed by atoms with E-state index < -0.39 is 0 Å². The first-order valence-corrected chi connectivity index (χ1v) is 7.53. The monoisotopic (exact) mass is 308 g/mol. The molecule has 1 aliphatic rings. The quantitative estimate of drug-likeness (QED) is 0.908. The second-order valence-electron chi connectivity index (χ2n) is 5.13. The van der Waals surface area contributed by atoms with Gasteiger partial charge in [-0.1, -0.05) is 18.3 Å². The fourth-order valence-corrected chi connectivity index (χ4v) is 2.59. The molecule has 1 amide bonds. The molecule has 0 aliphatic carbocycles. The molecule has 0 bridgehead atoms. The first kappa shape index (κ1) is 14.1. The predicted octanol–water partition coefficient (Wildman–Crippen LogP) is 0.993. The van der Waals surface area contributed by atoms with Crippen LogP contribution in [0.1, 0.15) is 47.2 Å². The summed E-state index contributed by atoms with van der Waals surface area (Å²) in [4.78, 5) is 19.0. The minimum absolute atomic E-state index is 0.0677. The van der Waals surface area contributed by atoms with E-state index in [0.29, 0.717) is 30.4 Å². The van der Waals surface area contributed by atoms with Gasteiger partial charge in [0.25, 0.3) is 5.91 Å². The molecule has 9 heteroatoms. The minimum atomic E-state index is -0.274. The van der Waals surface area contributed by atoms with Gasteiger partial charge in [-0.2, -0.15) is 5.10 Å². The van der Waals surface area contributed by atoms with Gasteiger partial charge in [-0.15, -0.1) is 5.10 Å². The second-order valence-corrected chi connectivity index (χ2v) is 5.91. The number of morpholine rings is 1. The van der Waals surface area contributed by atoms with Gasteiger partial charge < -0.3 is 9.64 Å². The van der Waals surface area contributed by atoms with Crippen LogP contribution >= 0.6 is 11.5 Å². The summed E-state index contributed by atoms with van der Waals surface area (Å²) in [6, 6.07) is 0. The lowest BCUT2D eigenvalue weighted by Gasteiger charge is -2.31. The maximum Gasteiger partial charge on any atom is 0.267 e. The molecule has 8 nitrogen and oxygen atoms in total. The van der Waals surface area contributed by atoms with Gasteiger partial charge in [0, 0.05) is 12.5 Å². The number of H-pyrrole nitrogens is 1. The van der Waals surface area contributed by atoms with Crippen LogP contribution in [0.25, 0.3) is 0 Å². The zero-order valence-electron chi connectivity index (χ0n) is 11.8. The highest BCUT2D eigenvalue weighted by atomic mass is 32.1. The van der Waals surface area contributed by atoms with Crippen LogP contribution in [-0.4, -0.2) is 55.3 Å². The zero-order chi connectivity index (χ0) is 14.8. The maximum absolute atomic E-state index is 12.3. The number of hydrogen-bond acceptors (Lipinski definition) is 7. The highest BCUT2D eigenvalue weighted by molar-refractivity contribution is 7.07. The van der Waals surface area contributed by atoms with Crippen LogP contribution in [-0.2, 0) is 4.74 Å². The van der Waals surface area contributed by atoms with E-state index in [1.807, 2.05) is 13.8 Å². The topological polar surface area (TPSA) is 96.9 Å². The lowest BCUT2D eigenvalue weighted by atomic mass is 10.2. The molecule has 0 spiro atoms. The first-order chi connectivity index (χ1) is 10.1. The maximum atomic E-state index is 12.3. The van der Waals surface area contributed by atoms with Gasteiger partial charge in [-0.25, -0.2) is 4.98 Å². The number of nitrogens with one attached hydrogen (secondary N) is 1. The number of carbonyl (C=O) groups is 1. The number of ether oxygens (including phenoxy) is 1. The number of aromatic amines is 1. The molecule has 1 aliphatic heterocycles. The number of aromatic nitrogens is 5. The van der Waals surface area contributed by atoms with Crippen molar-refractivity contribution in [1.29, 1.82) is 0 Å². The van der Waals surface area contributed by atoms with Crippen molar-refractivity contribution in [2.24, 2.45) is 0 Å².